The summed E-state index contributed by atoms with van der Waals surface area (Å²) < 4.78 is 14.1. The van der Waals surface area contributed by atoms with Crippen molar-refractivity contribution in [2.75, 3.05) is 31.1 Å². The van der Waals surface area contributed by atoms with E-state index in [1.165, 1.54) is 24.6 Å². The van der Waals surface area contributed by atoms with Gasteiger partial charge in [0.25, 0.3) is 0 Å². The Bertz CT molecular complexity index is 758. The third-order valence-electron chi connectivity index (χ3n) is 4.62. The van der Waals surface area contributed by atoms with Crippen molar-refractivity contribution < 1.29 is 9.18 Å². The van der Waals surface area contributed by atoms with Crippen molar-refractivity contribution in [3.63, 3.8) is 0 Å². The molecule has 0 radical (unpaired) electrons. The summed E-state index contributed by atoms with van der Waals surface area (Å²) in [5, 5.41) is 2.81. The van der Waals surface area contributed by atoms with Crippen LogP contribution in [0.15, 0.2) is 46.9 Å². The Labute approximate surface area is 162 Å². The van der Waals surface area contributed by atoms with Crippen LogP contribution >= 0.6 is 15.9 Å². The van der Waals surface area contributed by atoms with Crippen LogP contribution in [0.3, 0.4) is 0 Å². The summed E-state index contributed by atoms with van der Waals surface area (Å²) in [6.07, 6.45) is 0. The second-order valence-corrected chi connectivity index (χ2v) is 7.43. The Hall–Kier alpha value is -1.92. The number of benzene rings is 2. The lowest BCUT2D eigenvalue weighted by Crippen LogP contribution is -2.46. The highest BCUT2D eigenvalue weighted by molar-refractivity contribution is 9.10. The molecule has 0 unspecified atom stereocenters. The number of carbonyl (C=O) groups excluding carboxylic acids is 1. The van der Waals surface area contributed by atoms with Crippen molar-refractivity contribution in [3.05, 3.63) is 63.9 Å². The van der Waals surface area contributed by atoms with Gasteiger partial charge in [-0.2, -0.15) is 0 Å². The molecule has 0 aliphatic carbocycles. The minimum atomic E-state index is -0.195. The lowest BCUT2D eigenvalue weighted by atomic mass is 10.1. The Balaban J connectivity index is 1.54. The maximum absolute atomic E-state index is 13.1. The topological polar surface area (TPSA) is 35.6 Å². The first kappa shape index (κ1) is 18.9. The Morgan fingerprint density at radius 3 is 2.42 bits per heavy atom. The number of nitrogens with one attached hydrogen (secondary N) is 1. The summed E-state index contributed by atoms with van der Waals surface area (Å²) in [5.41, 5.74) is 3.40. The molecule has 0 aromatic heterocycles. The lowest BCUT2D eigenvalue weighted by Gasteiger charge is -2.36. The minimum absolute atomic E-state index is 0.0239. The van der Waals surface area contributed by atoms with Gasteiger partial charge in [0, 0.05) is 56.4 Å². The maximum Gasteiger partial charge on any atom is 0.217 e. The van der Waals surface area contributed by atoms with E-state index in [-0.39, 0.29) is 11.7 Å². The third kappa shape index (κ3) is 5.05. The van der Waals surface area contributed by atoms with Gasteiger partial charge in [-0.25, -0.2) is 4.39 Å². The zero-order valence-electron chi connectivity index (χ0n) is 14.8. The average Bonchev–Trinajstić information content (AvgIpc) is 2.63. The largest absolute Gasteiger partial charge is 0.369 e. The molecule has 2 aromatic rings. The first-order valence-corrected chi connectivity index (χ1v) is 9.55. The Kier molecular flexibility index (Phi) is 6.27. The molecule has 0 atom stereocenters. The predicted molar refractivity (Wildman–Crippen MR) is 106 cm³/mol. The lowest BCUT2D eigenvalue weighted by molar-refractivity contribution is -0.119. The van der Waals surface area contributed by atoms with Gasteiger partial charge in [-0.15, -0.1) is 0 Å². The highest BCUT2D eigenvalue weighted by Crippen LogP contribution is 2.22. The van der Waals surface area contributed by atoms with Crippen molar-refractivity contribution in [3.8, 4) is 0 Å². The highest BCUT2D eigenvalue weighted by Gasteiger charge is 2.18. The highest BCUT2D eigenvalue weighted by atomic mass is 79.9. The summed E-state index contributed by atoms with van der Waals surface area (Å²) in [6, 6.07) is 13.0. The summed E-state index contributed by atoms with van der Waals surface area (Å²) in [7, 11) is 0. The van der Waals surface area contributed by atoms with Gasteiger partial charge in [-0.3, -0.25) is 9.69 Å². The predicted octanol–water partition coefficient (Wildman–Crippen LogP) is 3.55. The third-order valence-corrected chi connectivity index (χ3v) is 5.36. The zero-order valence-corrected chi connectivity index (χ0v) is 16.4. The molecule has 1 heterocycles. The maximum atomic E-state index is 13.1. The van der Waals surface area contributed by atoms with Crippen molar-refractivity contribution in [1.82, 2.24) is 10.2 Å². The molecular formula is C20H23BrFN3O. The summed E-state index contributed by atoms with van der Waals surface area (Å²) in [6.45, 7) is 6.76. The van der Waals surface area contributed by atoms with Gasteiger partial charge in [0.05, 0.1) is 0 Å². The number of hydrogen-bond acceptors (Lipinski definition) is 3. The van der Waals surface area contributed by atoms with Crippen LogP contribution in [0, 0.1) is 5.82 Å². The molecule has 1 amide bonds. The molecule has 1 fully saturated rings. The zero-order chi connectivity index (χ0) is 18.5. The molecular weight excluding hydrogens is 397 g/mol. The molecule has 0 bridgehead atoms. The second kappa shape index (κ2) is 8.64. The standard InChI is InChI=1S/C20H23BrFN3O/c1-15(26)23-13-16-2-3-17(20(21)12-16)14-24-8-10-25(11-9-24)19-6-4-18(22)5-7-19/h2-7,12H,8-11,13-14H2,1H3,(H,23,26). The van der Waals surface area contributed by atoms with E-state index >= 15 is 0 Å². The van der Waals surface area contributed by atoms with E-state index in [1.54, 1.807) is 0 Å². The molecule has 6 heteroatoms. The van der Waals surface area contributed by atoms with Crippen LogP contribution in [0.1, 0.15) is 18.1 Å². The molecule has 1 saturated heterocycles. The molecule has 138 valence electrons. The fourth-order valence-corrected chi connectivity index (χ4v) is 3.66. The van der Waals surface area contributed by atoms with Gasteiger partial charge in [0.1, 0.15) is 5.82 Å². The van der Waals surface area contributed by atoms with E-state index in [0.29, 0.717) is 6.54 Å². The van der Waals surface area contributed by atoms with E-state index in [9.17, 15) is 9.18 Å². The van der Waals surface area contributed by atoms with Gasteiger partial charge in [0.15, 0.2) is 0 Å². The minimum Gasteiger partial charge on any atom is -0.369 e. The van der Waals surface area contributed by atoms with Crippen molar-refractivity contribution in [2.45, 2.75) is 20.0 Å². The molecule has 3 rings (SSSR count). The quantitative estimate of drug-likeness (QED) is 0.804. The number of halogens is 2. The molecule has 1 aliphatic heterocycles. The average molecular weight is 420 g/mol. The van der Waals surface area contributed by atoms with Crippen LogP contribution in [-0.2, 0) is 17.9 Å². The summed E-state index contributed by atoms with van der Waals surface area (Å²) >= 11 is 3.65. The van der Waals surface area contributed by atoms with Gasteiger partial charge in [0.2, 0.25) is 5.91 Å². The van der Waals surface area contributed by atoms with Gasteiger partial charge in [-0.1, -0.05) is 28.1 Å². The van der Waals surface area contributed by atoms with E-state index in [4.69, 9.17) is 0 Å². The number of nitrogens with zero attached hydrogens (tertiary/aromatic N) is 2. The fourth-order valence-electron chi connectivity index (χ4n) is 3.11. The summed E-state index contributed by atoms with van der Waals surface area (Å²) in [5.74, 6) is -0.219. The second-order valence-electron chi connectivity index (χ2n) is 6.58. The van der Waals surface area contributed by atoms with Crippen molar-refractivity contribution in [2.24, 2.45) is 0 Å². The molecule has 0 spiro atoms. The molecule has 26 heavy (non-hydrogen) atoms. The number of piperazine rings is 1. The van der Waals surface area contributed by atoms with Crippen LogP contribution in [-0.4, -0.2) is 37.0 Å². The van der Waals surface area contributed by atoms with Crippen LogP contribution in [0.2, 0.25) is 0 Å². The number of rotatable bonds is 5. The SMILES string of the molecule is CC(=O)NCc1ccc(CN2CCN(c3ccc(F)cc3)CC2)c(Br)c1. The normalized spacial score (nSPS) is 15.1. The summed E-state index contributed by atoms with van der Waals surface area (Å²) in [4.78, 5) is 15.7. The number of anilines is 1. The Morgan fingerprint density at radius 1 is 1.12 bits per heavy atom. The smallest absolute Gasteiger partial charge is 0.217 e. The number of amides is 1. The Morgan fingerprint density at radius 2 is 1.81 bits per heavy atom. The van der Waals surface area contributed by atoms with Gasteiger partial charge < -0.3 is 10.2 Å². The van der Waals surface area contributed by atoms with E-state index < -0.39 is 0 Å². The van der Waals surface area contributed by atoms with Crippen molar-refractivity contribution >= 4 is 27.5 Å². The van der Waals surface area contributed by atoms with Gasteiger partial charge in [-0.05, 0) is 41.5 Å². The first-order valence-electron chi connectivity index (χ1n) is 8.76. The fraction of sp³-hybridized carbons (Fsp3) is 0.350. The molecule has 4 nitrogen and oxygen atoms in total. The first-order chi connectivity index (χ1) is 12.5. The van der Waals surface area contributed by atoms with Crippen LogP contribution in [0.4, 0.5) is 10.1 Å². The molecule has 1 N–H and O–H groups in total. The van der Waals surface area contributed by atoms with E-state index in [0.717, 1.165) is 48.4 Å². The number of carbonyl (C=O) groups is 1. The molecule has 0 saturated carbocycles. The monoisotopic (exact) mass is 419 g/mol. The van der Waals surface area contributed by atoms with Crippen molar-refractivity contribution in [1.29, 1.82) is 0 Å². The van der Waals surface area contributed by atoms with Crippen LogP contribution in [0.5, 0.6) is 0 Å². The number of hydrogen-bond donors (Lipinski definition) is 1. The van der Waals surface area contributed by atoms with E-state index in [1.807, 2.05) is 12.1 Å². The molecule has 2 aromatic carbocycles. The van der Waals surface area contributed by atoms with Gasteiger partial charge >= 0.3 is 0 Å². The van der Waals surface area contributed by atoms with Crippen LogP contribution in [0.25, 0.3) is 0 Å². The molecule has 1 aliphatic rings. The van der Waals surface area contributed by atoms with E-state index in [2.05, 4.69) is 49.2 Å². The van der Waals surface area contributed by atoms with Crippen LogP contribution < -0.4 is 10.2 Å².